The molecule has 10 heteroatoms. The number of hydrogen-bond donors (Lipinski definition) is 2. The first-order valence-electron chi connectivity index (χ1n) is 5.80. The molecule has 2 heterocycles. The van der Waals surface area contributed by atoms with Crippen molar-refractivity contribution >= 4 is 39.1 Å². The van der Waals surface area contributed by atoms with Gasteiger partial charge in [-0.1, -0.05) is 0 Å². The van der Waals surface area contributed by atoms with Gasteiger partial charge in [-0.3, -0.25) is 14.5 Å². The van der Waals surface area contributed by atoms with Crippen LogP contribution in [0, 0.1) is 6.92 Å². The Morgan fingerprint density at radius 2 is 2.10 bits per heavy atom. The van der Waals surface area contributed by atoms with Crippen molar-refractivity contribution in [1.82, 2.24) is 9.62 Å². The van der Waals surface area contributed by atoms with E-state index in [1.54, 1.807) is 0 Å². The number of likely N-dealkylation sites (N-methyl/N-ethyl adjacent to an activating group) is 1. The minimum atomic E-state index is -4.07. The number of carbonyl (C=O) groups is 3. The Bertz CT molecular complexity index is 736. The van der Waals surface area contributed by atoms with Crippen LogP contribution >= 0.6 is 11.3 Å². The third-order valence-electron chi connectivity index (χ3n) is 3.05. The molecule has 114 valence electrons. The lowest BCUT2D eigenvalue weighted by atomic mass is 10.3. The quantitative estimate of drug-likeness (QED) is 0.736. The fourth-order valence-corrected chi connectivity index (χ4v) is 4.56. The van der Waals surface area contributed by atoms with E-state index in [0.717, 1.165) is 22.3 Å². The number of aryl methyl sites for hydroxylation is 1. The van der Waals surface area contributed by atoms with E-state index in [0.29, 0.717) is 4.88 Å². The average Bonchev–Trinajstić information content (AvgIpc) is 2.87. The summed E-state index contributed by atoms with van der Waals surface area (Å²) in [5.41, 5.74) is 0. The minimum Gasteiger partial charge on any atom is -0.477 e. The van der Waals surface area contributed by atoms with Gasteiger partial charge in [0.2, 0.25) is 21.8 Å². The predicted octanol–water partition coefficient (Wildman–Crippen LogP) is -0.210. The summed E-state index contributed by atoms with van der Waals surface area (Å²) in [7, 11) is -2.79. The van der Waals surface area contributed by atoms with Gasteiger partial charge >= 0.3 is 5.97 Å². The molecule has 1 fully saturated rings. The predicted molar refractivity (Wildman–Crippen MR) is 72.5 cm³/mol. The van der Waals surface area contributed by atoms with Crippen LogP contribution in [-0.4, -0.2) is 49.3 Å². The SMILES string of the molecule is Cc1sc(C(=O)O)cc1S(=O)(=O)NC1CC(=O)N(C)C1=O. The van der Waals surface area contributed by atoms with Crippen LogP contribution in [0.1, 0.15) is 21.0 Å². The first kappa shape index (κ1) is 15.6. The number of carboxylic acid groups (broad SMARTS) is 1. The molecule has 0 bridgehead atoms. The van der Waals surface area contributed by atoms with Crippen molar-refractivity contribution in [1.29, 1.82) is 0 Å². The number of hydrogen-bond acceptors (Lipinski definition) is 6. The van der Waals surface area contributed by atoms with Crippen molar-refractivity contribution in [3.05, 3.63) is 15.8 Å². The first-order chi connectivity index (χ1) is 9.63. The fraction of sp³-hybridized carbons (Fsp3) is 0.364. The summed E-state index contributed by atoms with van der Waals surface area (Å²) in [5.74, 6) is -2.33. The average molecular weight is 332 g/mol. The lowest BCUT2D eigenvalue weighted by Crippen LogP contribution is -2.40. The van der Waals surface area contributed by atoms with Gasteiger partial charge in [-0.15, -0.1) is 11.3 Å². The monoisotopic (exact) mass is 332 g/mol. The number of sulfonamides is 1. The third kappa shape index (κ3) is 2.82. The van der Waals surface area contributed by atoms with Gasteiger partial charge in [0, 0.05) is 11.9 Å². The summed E-state index contributed by atoms with van der Waals surface area (Å²) >= 11 is 0.828. The summed E-state index contributed by atoms with van der Waals surface area (Å²) in [6.45, 7) is 1.47. The fourth-order valence-electron chi connectivity index (χ4n) is 1.94. The van der Waals surface area contributed by atoms with Crippen molar-refractivity contribution in [2.24, 2.45) is 0 Å². The number of carboxylic acids is 1. The number of imide groups is 1. The normalized spacial score (nSPS) is 19.3. The van der Waals surface area contributed by atoms with E-state index in [1.165, 1.54) is 14.0 Å². The zero-order valence-corrected chi connectivity index (χ0v) is 12.7. The second kappa shape index (κ2) is 5.20. The van der Waals surface area contributed by atoms with Crippen molar-refractivity contribution in [2.45, 2.75) is 24.3 Å². The number of amides is 2. The number of thiophene rings is 1. The highest BCUT2D eigenvalue weighted by Crippen LogP contribution is 2.26. The van der Waals surface area contributed by atoms with Crippen LogP contribution in [0.4, 0.5) is 0 Å². The molecule has 1 aromatic heterocycles. The zero-order chi connectivity index (χ0) is 15.9. The number of rotatable bonds is 4. The molecule has 1 aliphatic rings. The number of likely N-dealkylation sites (tertiary alicyclic amines) is 1. The smallest absolute Gasteiger partial charge is 0.345 e. The van der Waals surface area contributed by atoms with E-state index in [2.05, 4.69) is 4.72 Å². The summed E-state index contributed by atoms with van der Waals surface area (Å²) in [4.78, 5) is 34.8. The first-order valence-corrected chi connectivity index (χ1v) is 8.10. The van der Waals surface area contributed by atoms with Crippen LogP contribution in [0.3, 0.4) is 0 Å². The maximum absolute atomic E-state index is 12.2. The maximum Gasteiger partial charge on any atom is 0.345 e. The highest BCUT2D eigenvalue weighted by Gasteiger charge is 2.39. The highest BCUT2D eigenvalue weighted by atomic mass is 32.2. The molecular weight excluding hydrogens is 320 g/mol. The molecule has 1 aromatic rings. The van der Waals surface area contributed by atoms with Gasteiger partial charge in [0.25, 0.3) is 0 Å². The van der Waals surface area contributed by atoms with Crippen molar-refractivity contribution in [3.63, 3.8) is 0 Å². The summed E-state index contributed by atoms with van der Waals surface area (Å²) in [6, 6.07) is -0.115. The van der Waals surface area contributed by atoms with Crippen LogP contribution < -0.4 is 4.72 Å². The topological polar surface area (TPSA) is 121 Å². The molecule has 1 atom stereocenters. The molecule has 0 aromatic carbocycles. The standard InChI is InChI=1S/C11H12N2O6S2/c1-5-8(4-7(20-5)11(16)17)21(18,19)12-6-3-9(14)13(2)10(6)15/h4,6,12H,3H2,1-2H3,(H,16,17). The lowest BCUT2D eigenvalue weighted by molar-refractivity contribution is -0.137. The van der Waals surface area contributed by atoms with Crippen molar-refractivity contribution in [3.8, 4) is 0 Å². The number of carbonyl (C=O) groups excluding carboxylic acids is 2. The Morgan fingerprint density at radius 3 is 2.52 bits per heavy atom. The van der Waals surface area contributed by atoms with Gasteiger partial charge in [0.1, 0.15) is 10.9 Å². The Balaban J connectivity index is 2.29. The van der Waals surface area contributed by atoms with Crippen LogP contribution in [0.15, 0.2) is 11.0 Å². The second-order valence-electron chi connectivity index (χ2n) is 4.51. The zero-order valence-electron chi connectivity index (χ0n) is 11.1. The second-order valence-corrected chi connectivity index (χ2v) is 7.44. The summed E-state index contributed by atoms with van der Waals surface area (Å²) in [6.07, 6.45) is -0.246. The van der Waals surface area contributed by atoms with Gasteiger partial charge in [0.05, 0.1) is 11.3 Å². The number of aromatic carboxylic acids is 1. The van der Waals surface area contributed by atoms with Crippen molar-refractivity contribution < 1.29 is 27.9 Å². The van der Waals surface area contributed by atoms with E-state index in [9.17, 15) is 22.8 Å². The van der Waals surface area contributed by atoms with Gasteiger partial charge in [-0.25, -0.2) is 13.2 Å². The summed E-state index contributed by atoms with van der Waals surface area (Å²) in [5, 5.41) is 8.87. The highest BCUT2D eigenvalue weighted by molar-refractivity contribution is 7.89. The molecule has 1 aliphatic heterocycles. The molecule has 8 nitrogen and oxygen atoms in total. The minimum absolute atomic E-state index is 0.112. The van der Waals surface area contributed by atoms with E-state index in [1.807, 2.05) is 0 Å². The molecule has 0 saturated carbocycles. The Labute approximate surface area is 124 Å². The van der Waals surface area contributed by atoms with Crippen LogP contribution in [-0.2, 0) is 19.6 Å². The molecular formula is C11H12N2O6S2. The van der Waals surface area contributed by atoms with Gasteiger partial charge in [-0.05, 0) is 13.0 Å². The van der Waals surface area contributed by atoms with Crippen LogP contribution in [0.5, 0.6) is 0 Å². The van der Waals surface area contributed by atoms with E-state index in [-0.39, 0.29) is 16.2 Å². The number of nitrogens with one attached hydrogen (secondary N) is 1. The van der Waals surface area contributed by atoms with Gasteiger partial charge in [0.15, 0.2) is 0 Å². The van der Waals surface area contributed by atoms with Gasteiger partial charge in [-0.2, -0.15) is 4.72 Å². The molecule has 0 spiro atoms. The molecule has 0 aliphatic carbocycles. The number of nitrogens with zero attached hydrogens (tertiary/aromatic N) is 1. The largest absolute Gasteiger partial charge is 0.477 e. The Kier molecular flexibility index (Phi) is 3.87. The van der Waals surface area contributed by atoms with E-state index >= 15 is 0 Å². The van der Waals surface area contributed by atoms with Gasteiger partial charge < -0.3 is 5.11 Å². The van der Waals surface area contributed by atoms with E-state index < -0.39 is 33.8 Å². The molecule has 21 heavy (non-hydrogen) atoms. The third-order valence-corrected chi connectivity index (χ3v) is 5.82. The molecule has 2 rings (SSSR count). The Morgan fingerprint density at radius 1 is 1.48 bits per heavy atom. The maximum atomic E-state index is 12.2. The van der Waals surface area contributed by atoms with Crippen LogP contribution in [0.2, 0.25) is 0 Å². The molecule has 0 radical (unpaired) electrons. The summed E-state index contributed by atoms with van der Waals surface area (Å²) < 4.78 is 26.6. The lowest BCUT2D eigenvalue weighted by Gasteiger charge is -2.11. The molecule has 1 saturated heterocycles. The molecule has 2 N–H and O–H groups in total. The van der Waals surface area contributed by atoms with Crippen LogP contribution in [0.25, 0.3) is 0 Å². The van der Waals surface area contributed by atoms with E-state index in [4.69, 9.17) is 5.11 Å². The van der Waals surface area contributed by atoms with Crippen molar-refractivity contribution in [2.75, 3.05) is 7.05 Å². The molecule has 1 unspecified atom stereocenters. The molecule has 2 amide bonds. The Hall–Kier alpha value is -1.78.